The number of ether oxygens (including phenoxy) is 2. The van der Waals surface area contributed by atoms with E-state index in [2.05, 4.69) is 35.4 Å². The topological polar surface area (TPSA) is 74.4 Å². The van der Waals surface area contributed by atoms with E-state index in [1.54, 1.807) is 11.8 Å². The van der Waals surface area contributed by atoms with Crippen LogP contribution in [0, 0.1) is 6.92 Å². The lowest BCUT2D eigenvalue weighted by molar-refractivity contribution is 0.409. The first-order valence-electron chi connectivity index (χ1n) is 10.5. The minimum absolute atomic E-state index is 0.311. The number of fused-ring (bicyclic) bond motifs is 2. The largest absolute Gasteiger partial charge is 0.497 e. The Morgan fingerprint density at radius 3 is 2.62 bits per heavy atom. The van der Waals surface area contributed by atoms with Gasteiger partial charge in [-0.15, -0.1) is 5.10 Å². The maximum atomic E-state index is 6.29. The monoisotopic (exact) mass is 425 g/mol. The third-order valence-electron chi connectivity index (χ3n) is 5.48. The molecule has 0 bridgehead atoms. The number of methoxy groups -OCH3 is 1. The molecule has 160 valence electrons. The van der Waals surface area contributed by atoms with Gasteiger partial charge in [0.05, 0.1) is 12.8 Å². The van der Waals surface area contributed by atoms with Crippen LogP contribution in [0.2, 0.25) is 0 Å². The third kappa shape index (κ3) is 3.41. The quantitative estimate of drug-likeness (QED) is 0.387. The zero-order valence-corrected chi connectivity index (χ0v) is 18.4. The summed E-state index contributed by atoms with van der Waals surface area (Å²) in [5.41, 5.74) is 5.32. The number of hydrogen-bond donors (Lipinski definition) is 0. The zero-order valence-electron chi connectivity index (χ0n) is 18.4. The molecule has 0 spiro atoms. The summed E-state index contributed by atoms with van der Waals surface area (Å²) in [5.74, 6) is 2.88. The fraction of sp³-hybridized carbons (Fsp3) is 0.200. The maximum absolute atomic E-state index is 6.29. The van der Waals surface area contributed by atoms with E-state index >= 15 is 0 Å². The highest BCUT2D eigenvalue weighted by Crippen LogP contribution is 2.41. The van der Waals surface area contributed by atoms with E-state index in [0.717, 1.165) is 22.4 Å². The second-order valence-corrected chi connectivity index (χ2v) is 8.02. The molecular weight excluding hydrogens is 402 g/mol. The van der Waals surface area contributed by atoms with Gasteiger partial charge in [-0.3, -0.25) is 0 Å². The Morgan fingerprint density at radius 2 is 1.81 bits per heavy atom. The second kappa shape index (κ2) is 7.92. The molecule has 0 saturated heterocycles. The number of hydrogen-bond acceptors (Lipinski definition) is 6. The van der Waals surface area contributed by atoms with E-state index in [-0.39, 0.29) is 0 Å². The number of nitrogens with zero attached hydrogens (tertiary/aromatic N) is 5. The van der Waals surface area contributed by atoms with E-state index in [4.69, 9.17) is 14.5 Å². The van der Waals surface area contributed by atoms with Crippen molar-refractivity contribution in [3.05, 3.63) is 83.2 Å². The number of rotatable bonds is 4. The second-order valence-electron chi connectivity index (χ2n) is 8.02. The standard InChI is InChI=1S/C25H23N5O2/c1-15(2)18-7-5-6-8-21(18)30-25(27-28-29-30)24-19-11-9-16(3)13-22(19)32-23-14-17(31-4)10-12-20(23)26-24/h5-15H,1-4H3. The van der Waals surface area contributed by atoms with Gasteiger partial charge in [0.25, 0.3) is 0 Å². The van der Waals surface area contributed by atoms with Crippen LogP contribution in [0.4, 0.5) is 5.69 Å². The first kappa shape index (κ1) is 19.9. The fourth-order valence-corrected chi connectivity index (χ4v) is 3.84. The van der Waals surface area contributed by atoms with Gasteiger partial charge in [-0.25, -0.2) is 4.99 Å². The van der Waals surface area contributed by atoms with Crippen LogP contribution in [0.25, 0.3) is 5.69 Å². The Balaban J connectivity index is 1.75. The molecule has 0 N–H and O–H groups in total. The Kier molecular flexibility index (Phi) is 4.93. The molecule has 0 radical (unpaired) electrons. The van der Waals surface area contributed by atoms with Crippen molar-refractivity contribution in [2.75, 3.05) is 7.11 Å². The molecule has 7 nitrogen and oxygen atoms in total. The van der Waals surface area contributed by atoms with Crippen molar-refractivity contribution >= 4 is 11.4 Å². The summed E-state index contributed by atoms with van der Waals surface area (Å²) in [4.78, 5) is 4.96. The normalized spacial score (nSPS) is 12.5. The minimum Gasteiger partial charge on any atom is -0.497 e. The fourth-order valence-electron chi connectivity index (χ4n) is 3.84. The number of aryl methyl sites for hydroxylation is 1. The Hall–Kier alpha value is -4.00. The molecule has 1 aromatic heterocycles. The van der Waals surface area contributed by atoms with Gasteiger partial charge in [-0.05, 0) is 64.7 Å². The first-order valence-corrected chi connectivity index (χ1v) is 10.5. The molecule has 0 atom stereocenters. The summed E-state index contributed by atoms with van der Waals surface area (Å²) in [5, 5.41) is 12.7. The molecule has 1 aliphatic heterocycles. The van der Waals surface area contributed by atoms with E-state index in [9.17, 15) is 0 Å². The number of benzene rings is 3. The molecule has 5 rings (SSSR count). The van der Waals surface area contributed by atoms with Crippen LogP contribution in [-0.2, 0) is 0 Å². The molecule has 32 heavy (non-hydrogen) atoms. The maximum Gasteiger partial charge on any atom is 0.206 e. The molecule has 0 saturated carbocycles. The molecule has 2 heterocycles. The molecule has 0 amide bonds. The van der Waals surface area contributed by atoms with Crippen molar-refractivity contribution in [1.82, 2.24) is 20.2 Å². The molecule has 7 heteroatoms. The van der Waals surface area contributed by atoms with E-state index in [0.29, 0.717) is 40.4 Å². The predicted octanol–water partition coefficient (Wildman–Crippen LogP) is 5.38. The summed E-state index contributed by atoms with van der Waals surface area (Å²) in [6.07, 6.45) is 0. The summed E-state index contributed by atoms with van der Waals surface area (Å²) >= 11 is 0. The van der Waals surface area contributed by atoms with Crippen LogP contribution in [0.5, 0.6) is 17.2 Å². The molecule has 4 aromatic rings. The SMILES string of the molecule is COc1ccc2c(c1)Oc1cc(C)ccc1C(c1nnnn1-c1ccccc1C(C)C)=N2. The first-order chi connectivity index (χ1) is 15.5. The van der Waals surface area contributed by atoms with Crippen LogP contribution in [0.3, 0.4) is 0 Å². The van der Waals surface area contributed by atoms with Gasteiger partial charge in [0.15, 0.2) is 5.75 Å². The summed E-state index contributed by atoms with van der Waals surface area (Å²) in [7, 11) is 1.63. The Labute approximate surface area is 186 Å². The highest BCUT2D eigenvalue weighted by molar-refractivity contribution is 6.14. The number of tetrazole rings is 1. The minimum atomic E-state index is 0.311. The molecule has 1 aliphatic rings. The smallest absolute Gasteiger partial charge is 0.206 e. The predicted molar refractivity (Wildman–Crippen MR) is 123 cm³/mol. The van der Waals surface area contributed by atoms with Crippen molar-refractivity contribution in [2.24, 2.45) is 4.99 Å². The summed E-state index contributed by atoms with van der Waals surface area (Å²) in [6.45, 7) is 6.34. The van der Waals surface area contributed by atoms with Crippen molar-refractivity contribution in [1.29, 1.82) is 0 Å². The number of aliphatic imine (C=N–C) groups is 1. The van der Waals surface area contributed by atoms with Crippen LogP contribution >= 0.6 is 0 Å². The average molecular weight is 425 g/mol. The average Bonchev–Trinajstić information content (AvgIpc) is 3.22. The lowest BCUT2D eigenvalue weighted by Crippen LogP contribution is -2.14. The van der Waals surface area contributed by atoms with Crippen molar-refractivity contribution in [3.63, 3.8) is 0 Å². The van der Waals surface area contributed by atoms with Crippen LogP contribution in [-0.4, -0.2) is 33.0 Å². The summed E-state index contributed by atoms with van der Waals surface area (Å²) in [6, 6.07) is 19.8. The van der Waals surface area contributed by atoms with Gasteiger partial charge in [0.1, 0.15) is 22.9 Å². The van der Waals surface area contributed by atoms with Gasteiger partial charge in [-0.1, -0.05) is 38.1 Å². The number of aromatic nitrogens is 4. The van der Waals surface area contributed by atoms with E-state index < -0.39 is 0 Å². The van der Waals surface area contributed by atoms with Gasteiger partial charge in [-0.2, -0.15) is 4.68 Å². The zero-order chi connectivity index (χ0) is 22.2. The number of para-hydroxylation sites is 1. The summed E-state index contributed by atoms with van der Waals surface area (Å²) < 4.78 is 13.4. The molecule has 0 fully saturated rings. The lowest BCUT2D eigenvalue weighted by Gasteiger charge is -2.14. The van der Waals surface area contributed by atoms with Gasteiger partial charge >= 0.3 is 0 Å². The Bertz CT molecular complexity index is 1340. The Morgan fingerprint density at radius 1 is 0.969 bits per heavy atom. The molecule has 0 aliphatic carbocycles. The highest BCUT2D eigenvalue weighted by Gasteiger charge is 2.26. The molecular formula is C25H23N5O2. The van der Waals surface area contributed by atoms with E-state index in [1.807, 2.05) is 61.5 Å². The highest BCUT2D eigenvalue weighted by atomic mass is 16.5. The van der Waals surface area contributed by atoms with Crippen LogP contribution in [0.15, 0.2) is 65.7 Å². The van der Waals surface area contributed by atoms with Crippen LogP contribution < -0.4 is 9.47 Å². The molecule has 0 unspecified atom stereocenters. The van der Waals surface area contributed by atoms with Crippen molar-refractivity contribution in [3.8, 4) is 22.9 Å². The van der Waals surface area contributed by atoms with Crippen LogP contribution in [0.1, 0.15) is 42.3 Å². The van der Waals surface area contributed by atoms with Crippen molar-refractivity contribution < 1.29 is 9.47 Å². The van der Waals surface area contributed by atoms with E-state index in [1.165, 1.54) is 0 Å². The van der Waals surface area contributed by atoms with Gasteiger partial charge < -0.3 is 9.47 Å². The third-order valence-corrected chi connectivity index (χ3v) is 5.48. The molecule has 3 aromatic carbocycles. The van der Waals surface area contributed by atoms with Gasteiger partial charge in [0, 0.05) is 11.6 Å². The lowest BCUT2D eigenvalue weighted by atomic mass is 10.0. The van der Waals surface area contributed by atoms with Gasteiger partial charge in [0.2, 0.25) is 5.82 Å². The van der Waals surface area contributed by atoms with Crippen molar-refractivity contribution in [2.45, 2.75) is 26.7 Å².